The number of carbonyl (C=O) groups is 1. The third-order valence-electron chi connectivity index (χ3n) is 3.61. The number of aliphatic hydroxyl groups excluding tert-OH is 1. The third-order valence-corrected chi connectivity index (χ3v) is 3.61. The first-order valence-electron chi connectivity index (χ1n) is 7.47. The Labute approximate surface area is 125 Å². The molecule has 1 aromatic carbocycles. The van der Waals surface area contributed by atoms with E-state index < -0.39 is 0 Å². The predicted octanol–water partition coefficient (Wildman–Crippen LogP) is 1.74. The van der Waals surface area contributed by atoms with Crippen molar-refractivity contribution in [3.05, 3.63) is 24.3 Å². The van der Waals surface area contributed by atoms with Gasteiger partial charge in [-0.3, -0.25) is 4.79 Å². The maximum Gasteiger partial charge on any atom is 0.257 e. The minimum atomic E-state index is -0.202. The zero-order chi connectivity index (χ0) is 15.1. The van der Waals surface area contributed by atoms with Crippen LogP contribution in [0.25, 0.3) is 0 Å². The molecule has 0 heterocycles. The van der Waals surface area contributed by atoms with E-state index in [9.17, 15) is 9.90 Å². The van der Waals surface area contributed by atoms with E-state index in [1.54, 1.807) is 12.1 Å². The van der Waals surface area contributed by atoms with Gasteiger partial charge in [-0.2, -0.15) is 0 Å². The summed E-state index contributed by atoms with van der Waals surface area (Å²) >= 11 is 0. The second-order valence-corrected chi connectivity index (χ2v) is 5.33. The quantitative estimate of drug-likeness (QED) is 0.803. The summed E-state index contributed by atoms with van der Waals surface area (Å²) in [5.74, 6) is 1.68. The highest BCUT2D eigenvalue weighted by Gasteiger charge is 2.22. The molecule has 0 spiro atoms. The zero-order valence-electron chi connectivity index (χ0n) is 12.4. The molecule has 1 aliphatic rings. The highest BCUT2D eigenvalue weighted by Crippen LogP contribution is 2.24. The molecule has 2 unspecified atom stereocenters. The molecule has 1 fully saturated rings. The molecule has 0 aromatic heterocycles. The molecule has 5 heteroatoms. The van der Waals surface area contributed by atoms with Crippen LogP contribution in [0.3, 0.4) is 0 Å². The molecule has 0 bridgehead atoms. The van der Waals surface area contributed by atoms with E-state index in [1.807, 2.05) is 19.1 Å². The lowest BCUT2D eigenvalue weighted by molar-refractivity contribution is -0.123. The van der Waals surface area contributed by atoms with Crippen molar-refractivity contribution in [3.63, 3.8) is 0 Å². The smallest absolute Gasteiger partial charge is 0.257 e. The highest BCUT2D eigenvalue weighted by molar-refractivity contribution is 5.77. The van der Waals surface area contributed by atoms with Crippen molar-refractivity contribution >= 4 is 5.91 Å². The average Bonchev–Trinajstić information content (AvgIpc) is 2.90. The highest BCUT2D eigenvalue weighted by atomic mass is 16.5. The van der Waals surface area contributed by atoms with E-state index >= 15 is 0 Å². The number of rotatable bonds is 7. The standard InChI is InChI=1S/C16H23NO4/c1-2-20-14-5-7-15(8-6-14)21-11-16(19)17-10-12-3-4-13(18)9-12/h5-8,12-13,18H,2-4,9-11H2,1H3,(H,17,19). The number of amides is 1. The maximum atomic E-state index is 11.7. The van der Waals surface area contributed by atoms with E-state index in [4.69, 9.17) is 9.47 Å². The SMILES string of the molecule is CCOc1ccc(OCC(=O)NCC2CCC(O)C2)cc1. The summed E-state index contributed by atoms with van der Waals surface area (Å²) in [6.45, 7) is 3.17. The van der Waals surface area contributed by atoms with E-state index in [2.05, 4.69) is 5.32 Å². The van der Waals surface area contributed by atoms with Gasteiger partial charge < -0.3 is 19.9 Å². The molecule has 2 atom stereocenters. The number of nitrogens with one attached hydrogen (secondary N) is 1. The van der Waals surface area contributed by atoms with E-state index in [0.717, 1.165) is 25.0 Å². The fourth-order valence-corrected chi connectivity index (χ4v) is 2.49. The van der Waals surface area contributed by atoms with Gasteiger partial charge in [0.25, 0.3) is 5.91 Å². The lowest BCUT2D eigenvalue weighted by atomic mass is 10.1. The molecule has 116 valence electrons. The first-order chi connectivity index (χ1) is 10.2. The summed E-state index contributed by atoms with van der Waals surface area (Å²) in [5, 5.41) is 12.3. The number of benzene rings is 1. The molecule has 2 rings (SSSR count). The van der Waals surface area contributed by atoms with E-state index in [0.29, 0.717) is 24.8 Å². The molecule has 2 N–H and O–H groups in total. The third kappa shape index (κ3) is 5.27. The van der Waals surface area contributed by atoms with Gasteiger partial charge in [0.15, 0.2) is 6.61 Å². The summed E-state index contributed by atoms with van der Waals surface area (Å²) in [6, 6.07) is 7.20. The van der Waals surface area contributed by atoms with Crippen LogP contribution in [0.1, 0.15) is 26.2 Å². The number of ether oxygens (including phenoxy) is 2. The minimum absolute atomic E-state index is 0.00323. The molecule has 1 amide bonds. The molecule has 0 aliphatic heterocycles. The second kappa shape index (κ2) is 7.88. The van der Waals surface area contributed by atoms with Gasteiger partial charge in [-0.1, -0.05) is 0 Å². The molecule has 1 aliphatic carbocycles. The van der Waals surface area contributed by atoms with Crippen LogP contribution in [0.2, 0.25) is 0 Å². The number of hydrogen-bond acceptors (Lipinski definition) is 4. The van der Waals surface area contributed by atoms with Gasteiger partial charge in [0, 0.05) is 6.54 Å². The Balaban J connectivity index is 1.66. The molecule has 21 heavy (non-hydrogen) atoms. The molecule has 1 aromatic rings. The van der Waals surface area contributed by atoms with Crippen molar-refractivity contribution in [3.8, 4) is 11.5 Å². The average molecular weight is 293 g/mol. The van der Waals surface area contributed by atoms with Crippen LogP contribution in [0.15, 0.2) is 24.3 Å². The Morgan fingerprint density at radius 3 is 2.48 bits per heavy atom. The van der Waals surface area contributed by atoms with Gasteiger partial charge in [-0.15, -0.1) is 0 Å². The van der Waals surface area contributed by atoms with E-state index in [-0.39, 0.29) is 18.6 Å². The Bertz CT molecular complexity index is 446. The fraction of sp³-hybridized carbons (Fsp3) is 0.562. The van der Waals surface area contributed by atoms with Crippen LogP contribution >= 0.6 is 0 Å². The Morgan fingerprint density at radius 1 is 1.24 bits per heavy atom. The van der Waals surface area contributed by atoms with E-state index in [1.165, 1.54) is 0 Å². The van der Waals surface area contributed by atoms with Crippen LogP contribution in [-0.2, 0) is 4.79 Å². The van der Waals surface area contributed by atoms with Gasteiger partial charge in [0.2, 0.25) is 0 Å². The minimum Gasteiger partial charge on any atom is -0.494 e. The first kappa shape index (κ1) is 15.6. The van der Waals surface area contributed by atoms with Gasteiger partial charge in [0.1, 0.15) is 11.5 Å². The number of carbonyl (C=O) groups excluding carboxylic acids is 1. The van der Waals surface area contributed by atoms with Gasteiger partial charge in [-0.05, 0) is 56.4 Å². The predicted molar refractivity (Wildman–Crippen MR) is 79.5 cm³/mol. The summed E-state index contributed by atoms with van der Waals surface area (Å²) in [4.78, 5) is 11.7. The van der Waals surface area contributed by atoms with Crippen LogP contribution in [-0.4, -0.2) is 36.9 Å². The Morgan fingerprint density at radius 2 is 1.90 bits per heavy atom. The first-order valence-corrected chi connectivity index (χ1v) is 7.47. The van der Waals surface area contributed by atoms with Crippen molar-refractivity contribution in [2.45, 2.75) is 32.3 Å². The molecular weight excluding hydrogens is 270 g/mol. The fourth-order valence-electron chi connectivity index (χ4n) is 2.49. The summed E-state index contributed by atoms with van der Waals surface area (Å²) in [7, 11) is 0. The van der Waals surface area contributed by atoms with Gasteiger partial charge in [0.05, 0.1) is 12.7 Å². The summed E-state index contributed by atoms with van der Waals surface area (Å²) in [6.07, 6.45) is 2.39. The molecule has 1 saturated carbocycles. The number of aliphatic hydroxyl groups is 1. The maximum absolute atomic E-state index is 11.7. The summed E-state index contributed by atoms with van der Waals surface area (Å²) in [5.41, 5.74) is 0. The molecular formula is C16H23NO4. The van der Waals surface area contributed by atoms with Crippen LogP contribution in [0.4, 0.5) is 0 Å². The van der Waals surface area contributed by atoms with Crippen molar-refractivity contribution in [1.29, 1.82) is 0 Å². The Kier molecular flexibility index (Phi) is 5.87. The molecule has 0 radical (unpaired) electrons. The normalized spacial score (nSPS) is 21.0. The topological polar surface area (TPSA) is 67.8 Å². The van der Waals surface area contributed by atoms with Crippen LogP contribution in [0.5, 0.6) is 11.5 Å². The zero-order valence-corrected chi connectivity index (χ0v) is 12.4. The molecule has 5 nitrogen and oxygen atoms in total. The summed E-state index contributed by atoms with van der Waals surface area (Å²) < 4.78 is 10.8. The second-order valence-electron chi connectivity index (χ2n) is 5.33. The van der Waals surface area contributed by atoms with Crippen molar-refractivity contribution in [1.82, 2.24) is 5.32 Å². The van der Waals surface area contributed by atoms with Crippen molar-refractivity contribution in [2.75, 3.05) is 19.8 Å². The lowest BCUT2D eigenvalue weighted by Crippen LogP contribution is -2.32. The Hall–Kier alpha value is -1.75. The molecule has 0 saturated heterocycles. The van der Waals surface area contributed by atoms with Crippen LogP contribution < -0.4 is 14.8 Å². The lowest BCUT2D eigenvalue weighted by Gasteiger charge is -2.11. The van der Waals surface area contributed by atoms with Gasteiger partial charge in [-0.25, -0.2) is 0 Å². The van der Waals surface area contributed by atoms with Crippen molar-refractivity contribution < 1.29 is 19.4 Å². The number of hydrogen-bond donors (Lipinski definition) is 2. The van der Waals surface area contributed by atoms with Crippen LogP contribution in [0, 0.1) is 5.92 Å². The van der Waals surface area contributed by atoms with Crippen molar-refractivity contribution in [2.24, 2.45) is 5.92 Å². The largest absolute Gasteiger partial charge is 0.494 e. The monoisotopic (exact) mass is 293 g/mol. The van der Waals surface area contributed by atoms with Gasteiger partial charge >= 0.3 is 0 Å².